The van der Waals surface area contributed by atoms with Gasteiger partial charge in [0.2, 0.25) is 0 Å². The lowest BCUT2D eigenvalue weighted by molar-refractivity contribution is -0.385. The van der Waals surface area contributed by atoms with Crippen LogP contribution >= 0.6 is 0 Å². The van der Waals surface area contributed by atoms with Gasteiger partial charge in [0.1, 0.15) is 6.61 Å². The second kappa shape index (κ2) is 5.11. The van der Waals surface area contributed by atoms with Crippen LogP contribution in [-0.4, -0.2) is 21.1 Å². The zero-order valence-electron chi connectivity index (χ0n) is 9.02. The normalized spacial score (nSPS) is 10.1. The third kappa shape index (κ3) is 2.81. The van der Waals surface area contributed by atoms with Crippen LogP contribution in [0.2, 0.25) is 0 Å². The van der Waals surface area contributed by atoms with E-state index in [1.165, 1.54) is 6.07 Å². The lowest BCUT2D eigenvalue weighted by atomic mass is 10.3. The third-order valence-corrected chi connectivity index (χ3v) is 2.23. The van der Waals surface area contributed by atoms with Gasteiger partial charge in [-0.25, -0.2) is 4.98 Å². The quantitative estimate of drug-likeness (QED) is 0.584. The van der Waals surface area contributed by atoms with Crippen LogP contribution < -0.4 is 4.74 Å². The molecule has 0 aliphatic heterocycles. The van der Waals surface area contributed by atoms with Crippen molar-refractivity contribution in [1.82, 2.24) is 9.55 Å². The van der Waals surface area contributed by atoms with Gasteiger partial charge >= 0.3 is 5.69 Å². The van der Waals surface area contributed by atoms with E-state index in [2.05, 4.69) is 4.98 Å². The monoisotopic (exact) mass is 233 g/mol. The van der Waals surface area contributed by atoms with E-state index in [0.29, 0.717) is 13.2 Å². The number of nitro benzene ring substituents is 1. The Labute approximate surface area is 97.6 Å². The number of nitro groups is 1. The van der Waals surface area contributed by atoms with E-state index in [1.54, 1.807) is 30.7 Å². The molecule has 1 heterocycles. The van der Waals surface area contributed by atoms with Crippen molar-refractivity contribution in [3.05, 3.63) is 53.1 Å². The smallest absolute Gasteiger partial charge is 0.310 e. The standard InChI is InChI=1S/C11H11N3O3/c15-14(16)10-3-1-2-4-11(10)17-8-7-13-6-5-12-9-13/h1-6,9H,7-8H2. The van der Waals surface area contributed by atoms with Crippen molar-refractivity contribution < 1.29 is 9.66 Å². The molecule has 2 rings (SSSR count). The van der Waals surface area contributed by atoms with Crippen molar-refractivity contribution in [2.45, 2.75) is 6.54 Å². The number of benzene rings is 1. The first-order chi connectivity index (χ1) is 8.27. The molecule has 0 aliphatic rings. The zero-order valence-corrected chi connectivity index (χ0v) is 9.02. The summed E-state index contributed by atoms with van der Waals surface area (Å²) in [6, 6.07) is 6.33. The van der Waals surface area contributed by atoms with Crippen molar-refractivity contribution >= 4 is 5.69 Å². The van der Waals surface area contributed by atoms with Gasteiger partial charge < -0.3 is 9.30 Å². The summed E-state index contributed by atoms with van der Waals surface area (Å²) in [5, 5.41) is 10.7. The predicted octanol–water partition coefficient (Wildman–Crippen LogP) is 1.87. The molecule has 0 saturated carbocycles. The lowest BCUT2D eigenvalue weighted by Gasteiger charge is -2.06. The number of hydrogen-bond acceptors (Lipinski definition) is 4. The van der Waals surface area contributed by atoms with Crippen LogP contribution in [0.4, 0.5) is 5.69 Å². The summed E-state index contributed by atoms with van der Waals surface area (Å²) < 4.78 is 7.22. The van der Waals surface area contributed by atoms with Gasteiger partial charge in [-0.05, 0) is 6.07 Å². The molecule has 0 unspecified atom stereocenters. The minimum Gasteiger partial charge on any atom is -0.485 e. The highest BCUT2D eigenvalue weighted by molar-refractivity contribution is 5.45. The van der Waals surface area contributed by atoms with Gasteiger partial charge in [0, 0.05) is 18.5 Å². The second-order valence-corrected chi connectivity index (χ2v) is 3.37. The molecule has 88 valence electrons. The summed E-state index contributed by atoms with van der Waals surface area (Å²) in [6.07, 6.45) is 5.15. The summed E-state index contributed by atoms with van der Waals surface area (Å²) >= 11 is 0. The van der Waals surface area contributed by atoms with Crippen LogP contribution in [0.3, 0.4) is 0 Å². The molecule has 0 N–H and O–H groups in total. The minimum atomic E-state index is -0.452. The molecule has 6 heteroatoms. The van der Waals surface area contributed by atoms with Crippen molar-refractivity contribution in [1.29, 1.82) is 0 Å². The van der Waals surface area contributed by atoms with Crippen molar-refractivity contribution in [3.63, 3.8) is 0 Å². The maximum Gasteiger partial charge on any atom is 0.310 e. The van der Waals surface area contributed by atoms with E-state index in [1.807, 2.05) is 10.8 Å². The molecule has 1 aromatic carbocycles. The SMILES string of the molecule is O=[N+]([O-])c1ccccc1OCCn1ccnc1. The fourth-order valence-corrected chi connectivity index (χ4v) is 1.41. The number of rotatable bonds is 5. The predicted molar refractivity (Wildman–Crippen MR) is 60.8 cm³/mol. The lowest BCUT2D eigenvalue weighted by Crippen LogP contribution is -2.07. The molecule has 17 heavy (non-hydrogen) atoms. The van der Waals surface area contributed by atoms with Crippen LogP contribution in [-0.2, 0) is 6.54 Å². The number of aromatic nitrogens is 2. The summed E-state index contributed by atoms with van der Waals surface area (Å²) in [6.45, 7) is 0.966. The molecule has 2 aromatic rings. The summed E-state index contributed by atoms with van der Waals surface area (Å²) in [4.78, 5) is 14.2. The average molecular weight is 233 g/mol. The molecule has 0 atom stereocenters. The minimum absolute atomic E-state index is 0.0156. The Hall–Kier alpha value is -2.37. The Kier molecular flexibility index (Phi) is 3.34. The summed E-state index contributed by atoms with van der Waals surface area (Å²) in [5.41, 5.74) is -0.0156. The molecule has 1 aromatic heterocycles. The van der Waals surface area contributed by atoms with Crippen molar-refractivity contribution in [2.75, 3.05) is 6.61 Å². The molecule has 0 spiro atoms. The summed E-state index contributed by atoms with van der Waals surface area (Å²) in [7, 11) is 0. The first-order valence-corrected chi connectivity index (χ1v) is 5.09. The van der Waals surface area contributed by atoms with E-state index in [4.69, 9.17) is 4.74 Å². The molecule has 0 amide bonds. The van der Waals surface area contributed by atoms with Gasteiger partial charge in [-0.3, -0.25) is 10.1 Å². The maximum absolute atomic E-state index is 10.7. The average Bonchev–Trinajstić information content (AvgIpc) is 2.82. The van der Waals surface area contributed by atoms with E-state index in [-0.39, 0.29) is 11.4 Å². The molecule has 0 bridgehead atoms. The highest BCUT2D eigenvalue weighted by Crippen LogP contribution is 2.25. The molecular weight excluding hydrogens is 222 g/mol. The second-order valence-electron chi connectivity index (χ2n) is 3.37. The topological polar surface area (TPSA) is 70.2 Å². The highest BCUT2D eigenvalue weighted by Gasteiger charge is 2.12. The number of nitrogens with zero attached hydrogens (tertiary/aromatic N) is 3. The number of imidazole rings is 1. The zero-order chi connectivity index (χ0) is 12.1. The molecule has 0 radical (unpaired) electrons. The van der Waals surface area contributed by atoms with Crippen LogP contribution in [0.1, 0.15) is 0 Å². The fourth-order valence-electron chi connectivity index (χ4n) is 1.41. The van der Waals surface area contributed by atoms with Crippen LogP contribution in [0.25, 0.3) is 0 Å². The van der Waals surface area contributed by atoms with E-state index in [0.717, 1.165) is 0 Å². The van der Waals surface area contributed by atoms with Gasteiger partial charge in [-0.15, -0.1) is 0 Å². The largest absolute Gasteiger partial charge is 0.485 e. The number of ether oxygens (including phenoxy) is 1. The Morgan fingerprint density at radius 1 is 1.41 bits per heavy atom. The number of hydrogen-bond donors (Lipinski definition) is 0. The Bertz CT molecular complexity index is 496. The van der Waals surface area contributed by atoms with Gasteiger partial charge in [0.25, 0.3) is 0 Å². The Balaban J connectivity index is 1.97. The van der Waals surface area contributed by atoms with Crippen molar-refractivity contribution in [3.8, 4) is 5.75 Å². The molecule has 0 fully saturated rings. The summed E-state index contributed by atoms with van der Waals surface area (Å²) in [5.74, 6) is 0.289. The molecule has 0 saturated heterocycles. The Morgan fingerprint density at radius 2 is 2.24 bits per heavy atom. The van der Waals surface area contributed by atoms with Crippen molar-refractivity contribution in [2.24, 2.45) is 0 Å². The fraction of sp³-hybridized carbons (Fsp3) is 0.182. The first-order valence-electron chi connectivity index (χ1n) is 5.09. The Morgan fingerprint density at radius 3 is 2.94 bits per heavy atom. The van der Waals surface area contributed by atoms with Crippen LogP contribution in [0.5, 0.6) is 5.75 Å². The first kappa shape index (κ1) is 11.1. The third-order valence-electron chi connectivity index (χ3n) is 2.23. The maximum atomic E-state index is 10.7. The van der Waals surface area contributed by atoms with Gasteiger partial charge in [0.05, 0.1) is 17.8 Å². The van der Waals surface area contributed by atoms with Gasteiger partial charge in [-0.1, -0.05) is 12.1 Å². The molecule has 6 nitrogen and oxygen atoms in total. The molecular formula is C11H11N3O3. The van der Waals surface area contributed by atoms with Crippen LogP contribution in [0, 0.1) is 10.1 Å². The van der Waals surface area contributed by atoms with Crippen LogP contribution in [0.15, 0.2) is 43.0 Å². The number of para-hydroxylation sites is 2. The molecule has 0 aliphatic carbocycles. The van der Waals surface area contributed by atoms with Gasteiger partial charge in [0.15, 0.2) is 5.75 Å². The van der Waals surface area contributed by atoms with E-state index >= 15 is 0 Å². The van der Waals surface area contributed by atoms with Gasteiger partial charge in [-0.2, -0.15) is 0 Å². The highest BCUT2D eigenvalue weighted by atomic mass is 16.6. The van der Waals surface area contributed by atoms with E-state index in [9.17, 15) is 10.1 Å². The van der Waals surface area contributed by atoms with E-state index < -0.39 is 4.92 Å².